The van der Waals surface area contributed by atoms with Gasteiger partial charge in [-0.15, -0.1) is 0 Å². The molecule has 0 unspecified atom stereocenters. The van der Waals surface area contributed by atoms with Gasteiger partial charge in [-0.3, -0.25) is 14.4 Å². The first kappa shape index (κ1) is 33.3. The summed E-state index contributed by atoms with van der Waals surface area (Å²) < 4.78 is 149. The minimum absolute atomic E-state index is 0.000830. The number of alkyl halides is 10. The molecular weight excluding hydrogens is 675 g/mol. The number of carbonyl (C=O) groups excluding carboxylic acids is 2. The molecule has 0 aliphatic carbocycles. The Hall–Kier alpha value is -4.20. The molecule has 0 saturated carbocycles. The van der Waals surface area contributed by atoms with Crippen LogP contribution in [0.25, 0.3) is 4.85 Å². The third-order valence-corrected chi connectivity index (χ3v) is 6.43. The van der Waals surface area contributed by atoms with Gasteiger partial charge in [0.1, 0.15) is 0 Å². The van der Waals surface area contributed by atoms with Crippen molar-refractivity contribution in [1.82, 2.24) is 0 Å². The van der Waals surface area contributed by atoms with E-state index in [1.54, 1.807) is 11.4 Å². The minimum Gasteiger partial charge on any atom is -0.320 e. The molecule has 0 aliphatic heterocycles. The molecule has 0 radical (unpaired) electrons. The average molecular weight is 688 g/mol. The highest BCUT2D eigenvalue weighted by atomic mass is 79.9. The molecule has 3 aromatic rings. The van der Waals surface area contributed by atoms with Crippen molar-refractivity contribution in [2.45, 2.75) is 24.2 Å². The van der Waals surface area contributed by atoms with Crippen LogP contribution in [0.1, 0.15) is 31.8 Å². The Morgan fingerprint density at radius 2 is 1.44 bits per heavy atom. The second-order valence-corrected chi connectivity index (χ2v) is 9.38. The van der Waals surface area contributed by atoms with Gasteiger partial charge in [0.2, 0.25) is 0 Å². The normalized spacial score (nSPS) is 12.4. The standard InChI is InChI=1S/C26H13BrF11N3O2/c1-39-12-41(22(43)13-6-3-2-4-7-13)18-9-5-8-15(19(18)28)21(42)40-20-16(24(30,31)32)10-14(11-17(20)27)23(29,25(33,34)35)26(36,37)38/h2-11H,12H2,(H,40,42). The lowest BCUT2D eigenvalue weighted by molar-refractivity contribution is -0.348. The first-order valence-electron chi connectivity index (χ1n) is 11.3. The maximum absolute atomic E-state index is 15.5. The lowest BCUT2D eigenvalue weighted by Gasteiger charge is -2.31. The minimum atomic E-state index is -6.74. The Labute approximate surface area is 242 Å². The Balaban J connectivity index is 2.12. The van der Waals surface area contributed by atoms with E-state index in [1.165, 1.54) is 24.3 Å². The van der Waals surface area contributed by atoms with Gasteiger partial charge in [-0.2, -0.15) is 39.5 Å². The van der Waals surface area contributed by atoms with E-state index in [9.17, 15) is 53.5 Å². The SMILES string of the molecule is [C-]#[N+]CN(C(=O)c1ccccc1)c1cccc(C(=O)Nc2c(Br)cc(C(F)(C(F)(F)F)C(F)(F)F)cc2C(F)(F)F)c1F. The largest absolute Gasteiger partial charge is 0.435 e. The first-order chi connectivity index (χ1) is 19.8. The zero-order chi connectivity index (χ0) is 32.5. The average Bonchev–Trinajstić information content (AvgIpc) is 2.90. The highest BCUT2D eigenvalue weighted by Gasteiger charge is 2.73. The van der Waals surface area contributed by atoms with Gasteiger partial charge in [0.05, 0.1) is 22.5 Å². The van der Waals surface area contributed by atoms with Gasteiger partial charge in [0.15, 0.2) is 5.82 Å². The Morgan fingerprint density at radius 1 is 0.860 bits per heavy atom. The number of nitrogens with one attached hydrogen (secondary N) is 1. The molecule has 2 amide bonds. The summed E-state index contributed by atoms with van der Waals surface area (Å²) in [5.41, 5.74) is -14.2. The van der Waals surface area contributed by atoms with E-state index >= 15 is 4.39 Å². The van der Waals surface area contributed by atoms with Crippen LogP contribution in [0.15, 0.2) is 65.1 Å². The third kappa shape index (κ3) is 6.43. The van der Waals surface area contributed by atoms with Crippen molar-refractivity contribution in [2.24, 2.45) is 0 Å². The monoisotopic (exact) mass is 687 g/mol. The molecule has 0 aliphatic rings. The van der Waals surface area contributed by atoms with Crippen LogP contribution in [-0.4, -0.2) is 30.8 Å². The van der Waals surface area contributed by atoms with Crippen LogP contribution in [0.2, 0.25) is 0 Å². The lowest BCUT2D eigenvalue weighted by atomic mass is 9.92. The fourth-order valence-corrected chi connectivity index (χ4v) is 4.35. The molecule has 0 saturated heterocycles. The summed E-state index contributed by atoms with van der Waals surface area (Å²) in [4.78, 5) is 29.5. The summed E-state index contributed by atoms with van der Waals surface area (Å²) in [6, 6.07) is 8.82. The molecule has 3 aromatic carbocycles. The molecule has 0 bridgehead atoms. The number of nitrogens with zero attached hydrogens (tertiary/aromatic N) is 2. The van der Waals surface area contributed by atoms with Crippen molar-refractivity contribution in [1.29, 1.82) is 0 Å². The Kier molecular flexibility index (Phi) is 9.16. The van der Waals surface area contributed by atoms with E-state index in [2.05, 4.69) is 20.8 Å². The van der Waals surface area contributed by atoms with Crippen molar-refractivity contribution in [3.8, 4) is 0 Å². The third-order valence-electron chi connectivity index (χ3n) is 5.80. The van der Waals surface area contributed by atoms with Crippen LogP contribution in [-0.2, 0) is 11.8 Å². The summed E-state index contributed by atoms with van der Waals surface area (Å²) in [6.45, 7) is 6.33. The van der Waals surface area contributed by atoms with E-state index in [-0.39, 0.29) is 11.6 Å². The van der Waals surface area contributed by atoms with E-state index in [1.807, 2.05) is 0 Å². The first-order valence-corrected chi connectivity index (χ1v) is 12.1. The summed E-state index contributed by atoms with van der Waals surface area (Å²) in [6.07, 6.45) is -19.2. The van der Waals surface area contributed by atoms with Crippen LogP contribution < -0.4 is 10.2 Å². The van der Waals surface area contributed by atoms with Gasteiger partial charge in [-0.05, 0) is 52.3 Å². The number of amides is 2. The van der Waals surface area contributed by atoms with Gasteiger partial charge < -0.3 is 5.32 Å². The van der Waals surface area contributed by atoms with Gasteiger partial charge >= 0.3 is 24.2 Å². The van der Waals surface area contributed by atoms with E-state index in [0.717, 1.165) is 18.2 Å². The molecule has 0 spiro atoms. The molecule has 3 rings (SSSR count). The molecule has 1 N–H and O–H groups in total. The number of halogens is 12. The number of hydrogen-bond donors (Lipinski definition) is 1. The molecular formula is C26H13BrF11N3O2. The molecule has 0 aromatic heterocycles. The van der Waals surface area contributed by atoms with Crippen LogP contribution in [0.3, 0.4) is 0 Å². The molecule has 0 atom stereocenters. The number of rotatable bonds is 6. The van der Waals surface area contributed by atoms with Crippen molar-refractivity contribution < 1.29 is 57.9 Å². The highest BCUT2D eigenvalue weighted by molar-refractivity contribution is 9.10. The second-order valence-electron chi connectivity index (χ2n) is 8.52. The van der Waals surface area contributed by atoms with Crippen molar-refractivity contribution in [2.75, 3.05) is 16.9 Å². The molecule has 0 fully saturated rings. The predicted molar refractivity (Wildman–Crippen MR) is 133 cm³/mol. The molecule has 43 heavy (non-hydrogen) atoms. The van der Waals surface area contributed by atoms with Gasteiger partial charge in [-0.1, -0.05) is 24.3 Å². The van der Waals surface area contributed by atoms with Gasteiger partial charge in [0, 0.05) is 15.6 Å². The molecule has 17 heteroatoms. The molecule has 0 heterocycles. The zero-order valence-corrected chi connectivity index (χ0v) is 22.3. The highest BCUT2D eigenvalue weighted by Crippen LogP contribution is 2.55. The van der Waals surface area contributed by atoms with Gasteiger partial charge in [0.25, 0.3) is 18.5 Å². The quantitative estimate of drug-likeness (QED) is 0.208. The van der Waals surface area contributed by atoms with Crippen LogP contribution in [0, 0.1) is 12.4 Å². The van der Waals surface area contributed by atoms with E-state index < -0.39 is 87.1 Å². The summed E-state index contributed by atoms with van der Waals surface area (Å²) in [7, 11) is 0. The van der Waals surface area contributed by atoms with Crippen molar-refractivity contribution in [3.63, 3.8) is 0 Å². The number of carbonyl (C=O) groups is 2. The van der Waals surface area contributed by atoms with Crippen molar-refractivity contribution in [3.05, 3.63) is 105 Å². The smallest absolute Gasteiger partial charge is 0.320 e. The second kappa shape index (κ2) is 11.8. The number of anilines is 2. The maximum atomic E-state index is 15.5. The Bertz CT molecular complexity index is 1570. The predicted octanol–water partition coefficient (Wildman–Crippen LogP) is 8.67. The number of hydrogen-bond acceptors (Lipinski definition) is 2. The summed E-state index contributed by atoms with van der Waals surface area (Å²) >= 11 is 2.34. The Morgan fingerprint density at radius 3 is 1.95 bits per heavy atom. The fraction of sp³-hybridized carbons (Fsp3) is 0.192. The summed E-state index contributed by atoms with van der Waals surface area (Å²) in [5, 5.41) is 1.56. The fourth-order valence-electron chi connectivity index (χ4n) is 3.79. The van der Waals surface area contributed by atoms with Crippen molar-refractivity contribution >= 4 is 39.1 Å². The summed E-state index contributed by atoms with van der Waals surface area (Å²) in [5.74, 6) is -4.09. The maximum Gasteiger partial charge on any atom is 0.435 e. The van der Waals surface area contributed by atoms with Crippen LogP contribution in [0.4, 0.5) is 59.7 Å². The lowest BCUT2D eigenvalue weighted by Crippen LogP contribution is -2.50. The molecule has 5 nitrogen and oxygen atoms in total. The topological polar surface area (TPSA) is 53.8 Å². The number of benzene rings is 3. The van der Waals surface area contributed by atoms with E-state index in [0.29, 0.717) is 4.90 Å². The molecule has 228 valence electrons. The van der Waals surface area contributed by atoms with E-state index in [4.69, 9.17) is 6.57 Å². The van der Waals surface area contributed by atoms with Crippen LogP contribution >= 0.6 is 15.9 Å². The van der Waals surface area contributed by atoms with Crippen LogP contribution in [0.5, 0.6) is 0 Å². The van der Waals surface area contributed by atoms with Gasteiger partial charge in [-0.25, -0.2) is 20.3 Å². The zero-order valence-electron chi connectivity index (χ0n) is 20.7.